The molecule has 142 valence electrons. The minimum absolute atomic E-state index is 0.138. The van der Waals surface area contributed by atoms with Crippen molar-refractivity contribution in [1.29, 1.82) is 0 Å². The summed E-state index contributed by atoms with van der Waals surface area (Å²) in [5.74, 6) is 0.240. The maximum absolute atomic E-state index is 13.4. The molecular weight excluding hydrogens is 326 g/mol. The summed E-state index contributed by atoms with van der Waals surface area (Å²) in [6.07, 6.45) is 1.12. The van der Waals surface area contributed by atoms with Gasteiger partial charge in [0.15, 0.2) is 0 Å². The van der Waals surface area contributed by atoms with Crippen molar-refractivity contribution in [3.63, 3.8) is 0 Å². The number of hydrogen-bond acceptors (Lipinski definition) is 3. The van der Waals surface area contributed by atoms with Crippen molar-refractivity contribution < 1.29 is 9.59 Å². The minimum Gasteiger partial charge on any atom is -0.340 e. The van der Waals surface area contributed by atoms with Crippen LogP contribution in [0.15, 0.2) is 30.3 Å². The second kappa shape index (κ2) is 8.21. The topological polar surface area (TPSA) is 43.9 Å². The lowest BCUT2D eigenvalue weighted by Crippen LogP contribution is -2.55. The molecule has 0 N–H and O–H groups in total. The zero-order chi connectivity index (χ0) is 18.7. The number of hydrogen-bond donors (Lipinski definition) is 0. The van der Waals surface area contributed by atoms with Gasteiger partial charge in [0, 0.05) is 45.2 Å². The van der Waals surface area contributed by atoms with Gasteiger partial charge in [0.2, 0.25) is 11.8 Å². The molecule has 2 saturated heterocycles. The number of likely N-dealkylation sites (tertiary alicyclic amines) is 1. The quantitative estimate of drug-likeness (QED) is 0.832. The van der Waals surface area contributed by atoms with Crippen molar-refractivity contribution in [1.82, 2.24) is 14.7 Å². The Balaban J connectivity index is 1.80. The van der Waals surface area contributed by atoms with E-state index in [-0.39, 0.29) is 23.8 Å². The van der Waals surface area contributed by atoms with Gasteiger partial charge in [-0.05, 0) is 32.8 Å². The first-order valence-electron chi connectivity index (χ1n) is 9.90. The minimum atomic E-state index is -0.141. The van der Waals surface area contributed by atoms with Crippen molar-refractivity contribution in [3.8, 4) is 0 Å². The summed E-state index contributed by atoms with van der Waals surface area (Å²) in [7, 11) is 0. The van der Waals surface area contributed by atoms with E-state index >= 15 is 0 Å². The Labute approximate surface area is 156 Å². The number of nitrogens with zero attached hydrogens (tertiary/aromatic N) is 3. The molecule has 5 nitrogen and oxygen atoms in total. The molecule has 1 aromatic carbocycles. The maximum atomic E-state index is 13.4. The van der Waals surface area contributed by atoms with Crippen LogP contribution in [0.5, 0.6) is 0 Å². The predicted molar refractivity (Wildman–Crippen MR) is 103 cm³/mol. The molecule has 0 saturated carbocycles. The van der Waals surface area contributed by atoms with Gasteiger partial charge in [0.05, 0.1) is 12.0 Å². The maximum Gasteiger partial charge on any atom is 0.228 e. The largest absolute Gasteiger partial charge is 0.340 e. The van der Waals surface area contributed by atoms with E-state index in [2.05, 4.69) is 18.7 Å². The molecule has 0 aromatic heterocycles. The molecule has 1 aromatic rings. The third-order valence-corrected chi connectivity index (χ3v) is 5.86. The molecule has 2 heterocycles. The van der Waals surface area contributed by atoms with Crippen molar-refractivity contribution >= 4 is 11.8 Å². The molecule has 0 bridgehead atoms. The summed E-state index contributed by atoms with van der Waals surface area (Å²) in [5, 5.41) is 0. The summed E-state index contributed by atoms with van der Waals surface area (Å²) >= 11 is 0. The summed E-state index contributed by atoms with van der Waals surface area (Å²) in [6, 6.07) is 10.4. The Kier molecular flexibility index (Phi) is 5.97. The third-order valence-electron chi connectivity index (χ3n) is 5.86. The first kappa shape index (κ1) is 18.9. The number of carbonyl (C=O) groups excluding carboxylic acids is 2. The molecule has 0 radical (unpaired) electrons. The molecule has 0 unspecified atom stereocenters. The second-order valence-electron chi connectivity index (χ2n) is 7.64. The average Bonchev–Trinajstić information content (AvgIpc) is 2.68. The lowest BCUT2D eigenvalue weighted by Gasteiger charge is -2.44. The van der Waals surface area contributed by atoms with Gasteiger partial charge < -0.3 is 9.80 Å². The highest BCUT2D eigenvalue weighted by atomic mass is 16.2. The predicted octanol–water partition coefficient (Wildman–Crippen LogP) is 2.54. The molecule has 2 amide bonds. The molecule has 0 spiro atoms. The van der Waals surface area contributed by atoms with Crippen LogP contribution >= 0.6 is 0 Å². The lowest BCUT2D eigenvalue weighted by atomic mass is 9.83. The van der Waals surface area contributed by atoms with E-state index in [4.69, 9.17) is 0 Å². The van der Waals surface area contributed by atoms with E-state index in [1.54, 1.807) is 0 Å². The van der Waals surface area contributed by atoms with Crippen LogP contribution in [0, 0.1) is 5.92 Å². The Morgan fingerprint density at radius 3 is 2.35 bits per heavy atom. The van der Waals surface area contributed by atoms with Crippen LogP contribution in [0.1, 0.15) is 45.2 Å². The molecule has 2 fully saturated rings. The van der Waals surface area contributed by atoms with Gasteiger partial charge >= 0.3 is 0 Å². The normalized spacial score (nSPS) is 25.0. The monoisotopic (exact) mass is 357 g/mol. The molecule has 2 aliphatic rings. The summed E-state index contributed by atoms with van der Waals surface area (Å²) in [6.45, 7) is 10.5. The smallest absolute Gasteiger partial charge is 0.228 e. The molecular formula is C21H31N3O2. The molecule has 2 aliphatic heterocycles. The Hall–Kier alpha value is -1.88. The summed E-state index contributed by atoms with van der Waals surface area (Å²) < 4.78 is 0. The first-order valence-corrected chi connectivity index (χ1v) is 9.90. The number of rotatable bonds is 4. The zero-order valence-corrected chi connectivity index (χ0v) is 16.2. The van der Waals surface area contributed by atoms with E-state index in [0.29, 0.717) is 25.4 Å². The molecule has 2 atom stereocenters. The van der Waals surface area contributed by atoms with E-state index in [1.165, 1.54) is 0 Å². The number of piperazine rings is 1. The fraction of sp³-hybridized carbons (Fsp3) is 0.619. The van der Waals surface area contributed by atoms with E-state index in [0.717, 1.165) is 31.7 Å². The zero-order valence-electron chi connectivity index (χ0n) is 16.2. The molecule has 26 heavy (non-hydrogen) atoms. The summed E-state index contributed by atoms with van der Waals surface area (Å²) in [5.41, 5.74) is 1.07. The van der Waals surface area contributed by atoms with Crippen LogP contribution in [0.25, 0.3) is 0 Å². The van der Waals surface area contributed by atoms with Crippen LogP contribution in [-0.2, 0) is 9.59 Å². The number of piperidine rings is 1. The first-order chi connectivity index (χ1) is 12.5. The van der Waals surface area contributed by atoms with Crippen LogP contribution in [0.2, 0.25) is 0 Å². The fourth-order valence-electron chi connectivity index (χ4n) is 4.34. The van der Waals surface area contributed by atoms with Gasteiger partial charge in [-0.2, -0.15) is 0 Å². The Morgan fingerprint density at radius 1 is 1.12 bits per heavy atom. The Bertz CT molecular complexity index is 623. The molecule has 5 heteroatoms. The van der Waals surface area contributed by atoms with Crippen molar-refractivity contribution in [3.05, 3.63) is 35.9 Å². The Morgan fingerprint density at radius 2 is 1.77 bits per heavy atom. The highest BCUT2D eigenvalue weighted by Gasteiger charge is 2.41. The number of carbonyl (C=O) groups is 2. The van der Waals surface area contributed by atoms with Gasteiger partial charge in [-0.15, -0.1) is 0 Å². The van der Waals surface area contributed by atoms with Gasteiger partial charge in [-0.3, -0.25) is 14.5 Å². The average molecular weight is 357 g/mol. The van der Waals surface area contributed by atoms with Gasteiger partial charge in [0.25, 0.3) is 0 Å². The lowest BCUT2D eigenvalue weighted by molar-refractivity contribution is -0.149. The van der Waals surface area contributed by atoms with E-state index in [9.17, 15) is 9.59 Å². The number of amides is 2. The summed E-state index contributed by atoms with van der Waals surface area (Å²) in [4.78, 5) is 32.1. The van der Waals surface area contributed by atoms with Crippen molar-refractivity contribution in [2.75, 3.05) is 32.7 Å². The van der Waals surface area contributed by atoms with Crippen LogP contribution in [-0.4, -0.2) is 65.3 Å². The third kappa shape index (κ3) is 3.78. The van der Waals surface area contributed by atoms with Crippen LogP contribution < -0.4 is 0 Å². The van der Waals surface area contributed by atoms with Gasteiger partial charge in [-0.1, -0.05) is 30.3 Å². The fourth-order valence-corrected chi connectivity index (χ4v) is 4.34. The molecule has 0 aliphatic carbocycles. The van der Waals surface area contributed by atoms with Crippen LogP contribution in [0.4, 0.5) is 0 Å². The van der Waals surface area contributed by atoms with Crippen molar-refractivity contribution in [2.24, 2.45) is 5.92 Å². The SMILES string of the molecule is CCN1C(=O)CC[C@@H](C(=O)N2CCN(C(C)C)CC2)[C@@H]1c1ccccc1. The van der Waals surface area contributed by atoms with Gasteiger partial charge in [-0.25, -0.2) is 0 Å². The van der Waals surface area contributed by atoms with Gasteiger partial charge in [0.1, 0.15) is 0 Å². The highest BCUT2D eigenvalue weighted by molar-refractivity contribution is 5.85. The van der Waals surface area contributed by atoms with Crippen LogP contribution in [0.3, 0.4) is 0 Å². The van der Waals surface area contributed by atoms with Crippen molar-refractivity contribution in [2.45, 2.75) is 45.7 Å². The number of benzene rings is 1. The molecule has 3 rings (SSSR count). The van der Waals surface area contributed by atoms with E-state index in [1.807, 2.05) is 47.1 Å². The van der Waals surface area contributed by atoms with E-state index < -0.39 is 0 Å². The highest BCUT2D eigenvalue weighted by Crippen LogP contribution is 2.37. The standard InChI is InChI=1S/C21H31N3O2/c1-4-24-19(25)11-10-18(20(24)17-8-6-5-7-9-17)21(26)23-14-12-22(13-15-23)16(2)3/h5-9,16,18,20H,4,10-15H2,1-3H3/t18-,20+/m1/s1. The second-order valence-corrected chi connectivity index (χ2v) is 7.64.